The van der Waals surface area contributed by atoms with Crippen molar-refractivity contribution in [3.63, 3.8) is 0 Å². The second-order valence-corrected chi connectivity index (χ2v) is 5.93. The summed E-state index contributed by atoms with van der Waals surface area (Å²) in [7, 11) is 1.32. The first-order chi connectivity index (χ1) is 10.1. The van der Waals surface area contributed by atoms with E-state index in [-0.39, 0.29) is 0 Å². The minimum Gasteiger partial charge on any atom is -0.286 e. The van der Waals surface area contributed by atoms with E-state index in [1.807, 2.05) is 12.3 Å². The van der Waals surface area contributed by atoms with Crippen molar-refractivity contribution in [3.05, 3.63) is 35.4 Å². The third kappa shape index (κ3) is 6.36. The molecule has 0 unspecified atom stereocenters. The number of thioether (sulfide) groups is 1. The number of amides is 1. The third-order valence-corrected chi connectivity index (χ3v) is 4.13. The first-order valence-corrected chi connectivity index (χ1v) is 8.62. The summed E-state index contributed by atoms with van der Waals surface area (Å²) < 4.78 is 0. The molecule has 0 radical (unpaired) electrons. The molecule has 21 heavy (non-hydrogen) atoms. The minimum atomic E-state index is -0.425. The lowest BCUT2D eigenvalue weighted by molar-refractivity contribution is -0.153. The maximum atomic E-state index is 11.4. The average molecular weight is 307 g/mol. The first-order valence-electron chi connectivity index (χ1n) is 7.40. The van der Waals surface area contributed by atoms with Crippen LogP contribution in [-0.4, -0.2) is 29.5 Å². The molecule has 3 nitrogen and oxygen atoms in total. The van der Waals surface area contributed by atoms with E-state index in [1.54, 1.807) is 17.8 Å². The van der Waals surface area contributed by atoms with Crippen LogP contribution in [-0.2, 0) is 11.2 Å². The van der Waals surface area contributed by atoms with Crippen LogP contribution in [0, 0.1) is 0 Å². The maximum absolute atomic E-state index is 11.4. The smallest absolute Gasteiger partial charge is 0.269 e. The van der Waals surface area contributed by atoms with Crippen LogP contribution in [0.1, 0.15) is 43.7 Å². The van der Waals surface area contributed by atoms with Crippen LogP contribution < -0.4 is 0 Å². The summed E-state index contributed by atoms with van der Waals surface area (Å²) in [6, 6.07) is 6.37. The lowest BCUT2D eigenvalue weighted by atomic mass is 10.0. The number of unbranched alkanes of at least 4 members (excludes halogenated alkanes) is 3. The largest absolute Gasteiger partial charge is 0.286 e. The average Bonchev–Trinajstić information content (AvgIpc) is 2.49. The van der Waals surface area contributed by atoms with Crippen molar-refractivity contribution in [1.82, 2.24) is 5.06 Å². The lowest BCUT2D eigenvalue weighted by Crippen LogP contribution is -2.19. The molecule has 4 heteroatoms. The van der Waals surface area contributed by atoms with Gasteiger partial charge in [-0.25, -0.2) is 5.06 Å². The molecule has 1 rings (SSSR count). The number of benzene rings is 1. The number of nitrogens with zero attached hydrogens (tertiary/aromatic N) is 1. The van der Waals surface area contributed by atoms with E-state index in [0.29, 0.717) is 5.06 Å². The fourth-order valence-corrected chi connectivity index (χ4v) is 2.71. The molecule has 0 heterocycles. The standard InChI is InChI=1S/C17H25NO2S/c1-4-5-6-7-8-14-9-10-15(16(13-14)21-3)11-12-17(19)18(2)20/h9-13,20H,4-8H2,1-3H3. The van der Waals surface area contributed by atoms with Crippen LogP contribution in [0.4, 0.5) is 0 Å². The predicted molar refractivity (Wildman–Crippen MR) is 89.7 cm³/mol. The summed E-state index contributed by atoms with van der Waals surface area (Å²) >= 11 is 1.67. The van der Waals surface area contributed by atoms with Crippen molar-refractivity contribution in [2.75, 3.05) is 13.3 Å². The van der Waals surface area contributed by atoms with Gasteiger partial charge in [-0.05, 0) is 42.4 Å². The molecule has 0 saturated heterocycles. The van der Waals surface area contributed by atoms with Gasteiger partial charge >= 0.3 is 0 Å². The Morgan fingerprint density at radius 1 is 1.33 bits per heavy atom. The highest BCUT2D eigenvalue weighted by molar-refractivity contribution is 7.98. The molecular weight excluding hydrogens is 282 g/mol. The number of hydroxylamine groups is 2. The molecule has 1 aromatic carbocycles. The van der Waals surface area contributed by atoms with Crippen molar-refractivity contribution >= 4 is 23.7 Å². The van der Waals surface area contributed by atoms with Gasteiger partial charge in [0.1, 0.15) is 0 Å². The van der Waals surface area contributed by atoms with Crippen LogP contribution in [0.2, 0.25) is 0 Å². The summed E-state index contributed by atoms with van der Waals surface area (Å²) in [5.74, 6) is -0.425. The molecule has 0 aliphatic rings. The van der Waals surface area contributed by atoms with E-state index in [2.05, 4.69) is 19.1 Å². The van der Waals surface area contributed by atoms with Gasteiger partial charge < -0.3 is 0 Å². The summed E-state index contributed by atoms with van der Waals surface area (Å²) in [4.78, 5) is 12.5. The van der Waals surface area contributed by atoms with E-state index >= 15 is 0 Å². The quantitative estimate of drug-likeness (QED) is 0.254. The molecule has 1 N–H and O–H groups in total. The zero-order chi connectivity index (χ0) is 15.7. The molecule has 0 atom stereocenters. The van der Waals surface area contributed by atoms with E-state index in [4.69, 9.17) is 5.21 Å². The van der Waals surface area contributed by atoms with Crippen molar-refractivity contribution in [3.8, 4) is 0 Å². The van der Waals surface area contributed by atoms with Crippen LogP contribution >= 0.6 is 11.8 Å². The Labute approximate surface area is 132 Å². The number of hydrogen-bond donors (Lipinski definition) is 1. The van der Waals surface area contributed by atoms with Crippen LogP contribution in [0.3, 0.4) is 0 Å². The number of likely N-dealkylation sites (N-methyl/N-ethyl adjacent to an activating group) is 1. The van der Waals surface area contributed by atoms with Crippen LogP contribution in [0.25, 0.3) is 6.08 Å². The van der Waals surface area contributed by atoms with Gasteiger partial charge in [-0.1, -0.05) is 38.3 Å². The molecule has 116 valence electrons. The molecule has 0 aliphatic heterocycles. The summed E-state index contributed by atoms with van der Waals surface area (Å²) in [5, 5.41) is 9.62. The number of rotatable bonds is 8. The maximum Gasteiger partial charge on any atom is 0.269 e. The predicted octanol–water partition coefficient (Wildman–Crippen LogP) is 4.39. The van der Waals surface area contributed by atoms with Crippen molar-refractivity contribution in [2.45, 2.75) is 43.9 Å². The van der Waals surface area contributed by atoms with E-state index in [9.17, 15) is 4.79 Å². The number of hydrogen-bond acceptors (Lipinski definition) is 3. The molecular formula is C17H25NO2S. The number of carbonyl (C=O) groups excluding carboxylic acids is 1. The highest BCUT2D eigenvalue weighted by atomic mass is 32.2. The van der Waals surface area contributed by atoms with Crippen LogP contribution in [0.5, 0.6) is 0 Å². The van der Waals surface area contributed by atoms with E-state index < -0.39 is 5.91 Å². The lowest BCUT2D eigenvalue weighted by Gasteiger charge is -2.08. The topological polar surface area (TPSA) is 40.5 Å². The van der Waals surface area contributed by atoms with Gasteiger partial charge in [0.05, 0.1) is 0 Å². The van der Waals surface area contributed by atoms with Gasteiger partial charge in [-0.2, -0.15) is 0 Å². The Balaban J connectivity index is 2.72. The normalized spacial score (nSPS) is 11.0. The SMILES string of the molecule is CCCCCCc1ccc(C=CC(=O)N(C)O)c(SC)c1. The Morgan fingerprint density at radius 3 is 2.71 bits per heavy atom. The molecule has 0 fully saturated rings. The van der Waals surface area contributed by atoms with E-state index in [1.165, 1.54) is 44.4 Å². The zero-order valence-electron chi connectivity index (χ0n) is 13.1. The van der Waals surface area contributed by atoms with Gasteiger partial charge in [0.2, 0.25) is 0 Å². The highest BCUT2D eigenvalue weighted by Crippen LogP contribution is 2.24. The van der Waals surface area contributed by atoms with Gasteiger partial charge in [0.25, 0.3) is 5.91 Å². The second kappa shape index (κ2) is 9.64. The van der Waals surface area contributed by atoms with Crippen molar-refractivity contribution in [2.24, 2.45) is 0 Å². The summed E-state index contributed by atoms with van der Waals surface area (Å²) in [6.45, 7) is 2.22. The number of aryl methyl sites for hydroxylation is 1. The van der Waals surface area contributed by atoms with Crippen molar-refractivity contribution in [1.29, 1.82) is 0 Å². The Kier molecular flexibility index (Phi) is 8.16. The minimum absolute atomic E-state index is 0.425. The van der Waals surface area contributed by atoms with E-state index in [0.717, 1.165) is 16.9 Å². The monoisotopic (exact) mass is 307 g/mol. The molecule has 1 amide bonds. The Bertz CT molecular complexity index is 484. The number of carbonyl (C=O) groups is 1. The summed E-state index contributed by atoms with van der Waals surface area (Å²) in [5.41, 5.74) is 2.35. The van der Waals surface area contributed by atoms with Gasteiger partial charge in [0, 0.05) is 18.0 Å². The molecule has 0 bridgehead atoms. The zero-order valence-corrected chi connectivity index (χ0v) is 13.9. The Morgan fingerprint density at radius 2 is 2.10 bits per heavy atom. The Hall–Kier alpha value is -1.26. The molecule has 0 aromatic heterocycles. The summed E-state index contributed by atoms with van der Waals surface area (Å²) in [6.07, 6.45) is 11.3. The van der Waals surface area contributed by atoms with Gasteiger partial charge in [-0.15, -0.1) is 11.8 Å². The van der Waals surface area contributed by atoms with Gasteiger partial charge in [-0.3, -0.25) is 10.0 Å². The fraction of sp³-hybridized carbons (Fsp3) is 0.471. The molecule has 0 spiro atoms. The highest BCUT2D eigenvalue weighted by Gasteiger charge is 2.03. The van der Waals surface area contributed by atoms with Gasteiger partial charge in [0.15, 0.2) is 0 Å². The van der Waals surface area contributed by atoms with Crippen LogP contribution in [0.15, 0.2) is 29.2 Å². The first kappa shape index (κ1) is 17.8. The fourth-order valence-electron chi connectivity index (χ4n) is 2.07. The van der Waals surface area contributed by atoms with Crippen molar-refractivity contribution < 1.29 is 10.0 Å². The molecule has 1 aromatic rings. The second-order valence-electron chi connectivity index (χ2n) is 5.08. The molecule has 0 saturated carbocycles. The molecule has 0 aliphatic carbocycles. The third-order valence-electron chi connectivity index (χ3n) is 3.34.